The lowest BCUT2D eigenvalue weighted by molar-refractivity contribution is -0.140. The first kappa shape index (κ1) is 26.8. The van der Waals surface area contributed by atoms with Gasteiger partial charge in [0.2, 0.25) is 17.7 Å². The van der Waals surface area contributed by atoms with Gasteiger partial charge in [-0.1, -0.05) is 13.8 Å². The van der Waals surface area contributed by atoms with Crippen LogP contribution in [0.3, 0.4) is 0 Å². The number of nitrogens with two attached hydrogens (primary N) is 1. The van der Waals surface area contributed by atoms with Gasteiger partial charge in [-0.2, -0.15) is 0 Å². The Morgan fingerprint density at radius 2 is 1.30 bits per heavy atom. The van der Waals surface area contributed by atoms with E-state index < -0.39 is 72.6 Å². The fraction of sp³-hybridized carbons (Fsp3) is 0.647. The van der Waals surface area contributed by atoms with Gasteiger partial charge in [0.1, 0.15) is 18.6 Å². The van der Waals surface area contributed by atoms with Crippen LogP contribution in [-0.4, -0.2) is 75.6 Å². The minimum atomic E-state index is -1.35. The molecule has 0 saturated carbocycles. The van der Waals surface area contributed by atoms with E-state index in [1.807, 2.05) is 0 Å². The lowest BCUT2D eigenvalue weighted by atomic mass is 10.0. The summed E-state index contributed by atoms with van der Waals surface area (Å²) in [6, 6.07) is -3.72. The fourth-order valence-electron chi connectivity index (χ4n) is 2.29. The third kappa shape index (κ3) is 10.9. The van der Waals surface area contributed by atoms with Crippen molar-refractivity contribution in [3.63, 3.8) is 0 Å². The first-order valence-corrected chi connectivity index (χ1v) is 9.14. The largest absolute Gasteiger partial charge is 0.481 e. The third-order valence-corrected chi connectivity index (χ3v) is 3.95. The van der Waals surface area contributed by atoms with E-state index in [-0.39, 0.29) is 19.3 Å². The van der Waals surface area contributed by atoms with Crippen LogP contribution in [0.5, 0.6) is 0 Å². The highest BCUT2D eigenvalue weighted by molar-refractivity contribution is 5.94. The summed E-state index contributed by atoms with van der Waals surface area (Å²) < 4.78 is 0. The molecule has 0 aliphatic carbocycles. The summed E-state index contributed by atoms with van der Waals surface area (Å²) in [5, 5.41) is 32.9. The highest BCUT2D eigenvalue weighted by Crippen LogP contribution is 2.06. The molecule has 3 amide bonds. The maximum absolute atomic E-state index is 12.6. The number of rotatable bonds is 14. The molecule has 0 bridgehead atoms. The number of aliphatic carboxylic acids is 3. The predicted octanol–water partition coefficient (Wildman–Crippen LogP) is -2.13. The van der Waals surface area contributed by atoms with Crippen LogP contribution in [0.4, 0.5) is 0 Å². The molecule has 0 radical (unpaired) electrons. The smallest absolute Gasteiger partial charge is 0.322 e. The molecule has 3 atom stereocenters. The molecule has 0 fully saturated rings. The second kappa shape index (κ2) is 13.1. The molecule has 0 saturated heterocycles. The van der Waals surface area contributed by atoms with Crippen molar-refractivity contribution in [3.8, 4) is 0 Å². The van der Waals surface area contributed by atoms with Gasteiger partial charge in [0.05, 0.1) is 6.04 Å². The standard InChI is InChI=1S/C17H28N4O9/c1-8(2)14(17(30)19-7-13(26)27)21-16(29)10(4-6-12(24)25)20-15(28)9(18)3-5-11(22)23/h8-10,14H,3-7,18H2,1-2H3,(H,19,30)(H,20,28)(H,21,29)(H,22,23)(H,24,25)(H,26,27). The van der Waals surface area contributed by atoms with Crippen molar-refractivity contribution in [1.82, 2.24) is 16.0 Å². The van der Waals surface area contributed by atoms with Gasteiger partial charge < -0.3 is 37.0 Å². The van der Waals surface area contributed by atoms with Gasteiger partial charge in [-0.3, -0.25) is 28.8 Å². The van der Waals surface area contributed by atoms with Gasteiger partial charge in [0.15, 0.2) is 0 Å². The fourth-order valence-corrected chi connectivity index (χ4v) is 2.29. The number of hydrogen-bond acceptors (Lipinski definition) is 7. The molecular weight excluding hydrogens is 404 g/mol. The maximum atomic E-state index is 12.6. The van der Waals surface area contributed by atoms with Gasteiger partial charge in [-0.05, 0) is 18.8 Å². The monoisotopic (exact) mass is 432 g/mol. The normalized spacial score (nSPS) is 13.6. The van der Waals surface area contributed by atoms with E-state index in [9.17, 15) is 28.8 Å². The Balaban J connectivity index is 5.23. The molecule has 0 aliphatic heterocycles. The number of carboxylic acid groups (broad SMARTS) is 3. The van der Waals surface area contributed by atoms with Gasteiger partial charge in [0.25, 0.3) is 0 Å². The summed E-state index contributed by atoms with van der Waals surface area (Å²) in [6.45, 7) is 2.53. The summed E-state index contributed by atoms with van der Waals surface area (Å²) in [6.07, 6.45) is -1.35. The molecule has 13 heteroatoms. The number of hydrogen-bond donors (Lipinski definition) is 7. The average molecular weight is 432 g/mol. The SMILES string of the molecule is CC(C)C(NC(=O)C(CCC(=O)O)NC(=O)C(N)CCC(=O)O)C(=O)NCC(=O)O. The number of carboxylic acids is 3. The van der Waals surface area contributed by atoms with E-state index >= 15 is 0 Å². The highest BCUT2D eigenvalue weighted by Gasteiger charge is 2.30. The van der Waals surface area contributed by atoms with E-state index in [4.69, 9.17) is 21.1 Å². The van der Waals surface area contributed by atoms with Gasteiger partial charge in [-0.15, -0.1) is 0 Å². The van der Waals surface area contributed by atoms with Gasteiger partial charge in [-0.25, -0.2) is 0 Å². The van der Waals surface area contributed by atoms with Crippen LogP contribution >= 0.6 is 0 Å². The van der Waals surface area contributed by atoms with Gasteiger partial charge in [0, 0.05) is 12.8 Å². The first-order chi connectivity index (χ1) is 13.8. The zero-order valence-corrected chi connectivity index (χ0v) is 16.7. The first-order valence-electron chi connectivity index (χ1n) is 9.14. The van der Waals surface area contributed by atoms with Crippen LogP contribution < -0.4 is 21.7 Å². The molecule has 13 nitrogen and oxygen atoms in total. The number of nitrogens with one attached hydrogen (secondary N) is 3. The molecule has 0 aromatic carbocycles. The summed E-state index contributed by atoms with van der Waals surface area (Å²) in [4.78, 5) is 68.9. The highest BCUT2D eigenvalue weighted by atomic mass is 16.4. The molecule has 0 rings (SSSR count). The molecule has 0 spiro atoms. The second-order valence-corrected chi connectivity index (χ2v) is 6.87. The Morgan fingerprint density at radius 3 is 1.77 bits per heavy atom. The predicted molar refractivity (Wildman–Crippen MR) is 101 cm³/mol. The van der Waals surface area contributed by atoms with Crippen LogP contribution in [0.1, 0.15) is 39.5 Å². The van der Waals surface area contributed by atoms with Crippen LogP contribution in [0.25, 0.3) is 0 Å². The minimum absolute atomic E-state index is 0.194. The molecule has 0 aliphatic rings. The van der Waals surface area contributed by atoms with Crippen molar-refractivity contribution in [1.29, 1.82) is 0 Å². The Hall–Kier alpha value is -3.22. The zero-order valence-electron chi connectivity index (χ0n) is 16.7. The Morgan fingerprint density at radius 1 is 0.767 bits per heavy atom. The molecule has 0 heterocycles. The quantitative estimate of drug-likeness (QED) is 0.158. The Labute approximate surface area is 172 Å². The van der Waals surface area contributed by atoms with E-state index in [1.54, 1.807) is 13.8 Å². The van der Waals surface area contributed by atoms with Crippen molar-refractivity contribution < 1.29 is 44.1 Å². The lowest BCUT2D eigenvalue weighted by Gasteiger charge is -2.25. The molecule has 8 N–H and O–H groups in total. The summed E-state index contributed by atoms with van der Waals surface area (Å²) >= 11 is 0. The van der Waals surface area contributed by atoms with Crippen LogP contribution in [0.2, 0.25) is 0 Å². The topological polar surface area (TPSA) is 225 Å². The molecule has 0 aromatic heterocycles. The van der Waals surface area contributed by atoms with Crippen molar-refractivity contribution in [2.75, 3.05) is 6.54 Å². The van der Waals surface area contributed by atoms with Crippen molar-refractivity contribution in [2.45, 2.75) is 57.7 Å². The second-order valence-electron chi connectivity index (χ2n) is 6.87. The average Bonchev–Trinajstić information content (AvgIpc) is 2.64. The van der Waals surface area contributed by atoms with Crippen molar-refractivity contribution in [3.05, 3.63) is 0 Å². The van der Waals surface area contributed by atoms with Crippen molar-refractivity contribution >= 4 is 35.6 Å². The molecule has 3 unspecified atom stereocenters. The summed E-state index contributed by atoms with van der Waals surface area (Å²) in [7, 11) is 0. The lowest BCUT2D eigenvalue weighted by Crippen LogP contribution is -2.57. The van der Waals surface area contributed by atoms with E-state index in [0.29, 0.717) is 0 Å². The number of amides is 3. The van der Waals surface area contributed by atoms with Crippen molar-refractivity contribution in [2.24, 2.45) is 11.7 Å². The van der Waals surface area contributed by atoms with Crippen LogP contribution in [0.15, 0.2) is 0 Å². The maximum Gasteiger partial charge on any atom is 0.322 e. The van der Waals surface area contributed by atoms with Crippen LogP contribution in [-0.2, 0) is 28.8 Å². The Bertz CT molecular complexity index is 666. The number of carbonyl (C=O) groups excluding carboxylic acids is 3. The third-order valence-electron chi connectivity index (χ3n) is 3.95. The number of carbonyl (C=O) groups is 6. The van der Waals surface area contributed by atoms with E-state index in [2.05, 4.69) is 16.0 Å². The summed E-state index contributed by atoms with van der Waals surface area (Å²) in [5.74, 6) is -6.59. The Kier molecular flexibility index (Phi) is 11.7. The van der Waals surface area contributed by atoms with E-state index in [1.165, 1.54) is 0 Å². The molecule has 30 heavy (non-hydrogen) atoms. The zero-order chi connectivity index (χ0) is 23.4. The van der Waals surface area contributed by atoms with Crippen LogP contribution in [0, 0.1) is 5.92 Å². The molecule has 0 aromatic rings. The minimum Gasteiger partial charge on any atom is -0.481 e. The summed E-state index contributed by atoms with van der Waals surface area (Å²) in [5.41, 5.74) is 5.59. The van der Waals surface area contributed by atoms with Gasteiger partial charge >= 0.3 is 17.9 Å². The molecular formula is C17H28N4O9. The molecule has 170 valence electrons. The van der Waals surface area contributed by atoms with E-state index in [0.717, 1.165) is 0 Å².